The monoisotopic (exact) mass is 704 g/mol. The summed E-state index contributed by atoms with van der Waals surface area (Å²) in [5, 5.41) is 1.27. The Balaban J connectivity index is 1.17. The quantitative estimate of drug-likeness (QED) is 0.166. The molecule has 3 heterocycles. The van der Waals surface area contributed by atoms with Crippen molar-refractivity contribution in [1.29, 1.82) is 0 Å². The van der Waals surface area contributed by atoms with Crippen LogP contribution in [0.1, 0.15) is 17.7 Å². The van der Waals surface area contributed by atoms with Crippen molar-refractivity contribution in [3.8, 4) is 73.0 Å². The molecule has 9 aromatic rings. The van der Waals surface area contributed by atoms with Gasteiger partial charge in [0.15, 0.2) is 5.82 Å². The number of para-hydroxylation sites is 1. The lowest BCUT2D eigenvalue weighted by Crippen LogP contribution is -2.04. The zero-order valence-electron chi connectivity index (χ0n) is 30.2. The Morgan fingerprint density at radius 2 is 1.04 bits per heavy atom. The first kappa shape index (κ1) is 32.5. The van der Waals surface area contributed by atoms with Gasteiger partial charge in [-0.1, -0.05) is 146 Å². The van der Waals surface area contributed by atoms with Crippen molar-refractivity contribution in [3.05, 3.63) is 200 Å². The number of nitrogens with zero attached hydrogens (tertiary/aromatic N) is 4. The number of hydrogen-bond acceptors (Lipinski definition) is 3. The van der Waals surface area contributed by atoms with Crippen LogP contribution >= 0.6 is 0 Å². The van der Waals surface area contributed by atoms with Crippen molar-refractivity contribution in [2.45, 2.75) is 12.8 Å². The predicted octanol–water partition coefficient (Wildman–Crippen LogP) is 12.8. The molecule has 0 bridgehead atoms. The van der Waals surface area contributed by atoms with Gasteiger partial charge in [0.1, 0.15) is 0 Å². The molecule has 4 nitrogen and oxygen atoms in total. The standard InChI is InChI=1S/C51H36N4/c1-3-12-35(13-4-1)36-25-27-39(28-26-36)47-33-48(54-51(53-47)40-14-5-2-6-15-40)43-30-42(38-23-21-37(22-24-38)41-16-11-29-52-34-41)31-44(32-43)55-49-19-9-7-17-45(49)46-18-8-10-20-50(46)55/h1-9,11-19,21-34H,10,20H2. The van der Waals surface area contributed by atoms with Gasteiger partial charge in [-0.3, -0.25) is 4.98 Å². The van der Waals surface area contributed by atoms with Crippen LogP contribution in [-0.2, 0) is 6.42 Å². The number of allylic oxidation sites excluding steroid dienone is 1. The molecule has 3 aromatic heterocycles. The summed E-state index contributed by atoms with van der Waals surface area (Å²) in [6.07, 6.45) is 10.3. The highest BCUT2D eigenvalue weighted by Gasteiger charge is 2.20. The van der Waals surface area contributed by atoms with E-state index in [0.717, 1.165) is 68.9 Å². The zero-order chi connectivity index (χ0) is 36.6. The molecule has 0 unspecified atom stereocenters. The molecular formula is C51H36N4. The number of hydrogen-bond donors (Lipinski definition) is 0. The smallest absolute Gasteiger partial charge is 0.160 e. The van der Waals surface area contributed by atoms with Crippen molar-refractivity contribution in [2.24, 2.45) is 0 Å². The first-order valence-electron chi connectivity index (χ1n) is 18.8. The summed E-state index contributed by atoms with van der Waals surface area (Å²) in [7, 11) is 0. The third-order valence-electron chi connectivity index (χ3n) is 10.6. The summed E-state index contributed by atoms with van der Waals surface area (Å²) >= 11 is 0. The Morgan fingerprint density at radius 1 is 0.455 bits per heavy atom. The van der Waals surface area contributed by atoms with Crippen LogP contribution in [0.15, 0.2) is 188 Å². The Kier molecular flexibility index (Phi) is 8.27. The molecule has 4 heteroatoms. The lowest BCUT2D eigenvalue weighted by Gasteiger charge is -2.17. The molecule has 0 spiro atoms. The summed E-state index contributed by atoms with van der Waals surface area (Å²) < 4.78 is 2.47. The minimum atomic E-state index is 0.696. The van der Waals surface area contributed by atoms with Gasteiger partial charge in [-0.15, -0.1) is 0 Å². The van der Waals surface area contributed by atoms with Crippen molar-refractivity contribution in [3.63, 3.8) is 0 Å². The molecule has 0 saturated carbocycles. The SMILES string of the molecule is C1=Cc2c(n(-c3cc(-c4ccc(-c5cccnc5)cc4)cc(-c4cc(-c5ccc(-c6ccccc6)cc5)nc(-c5ccccc5)n4)c3)c3ccccc23)CC1. The molecule has 0 fully saturated rings. The Morgan fingerprint density at radius 3 is 1.76 bits per heavy atom. The van der Waals surface area contributed by atoms with Gasteiger partial charge in [-0.2, -0.15) is 0 Å². The fraction of sp³-hybridized carbons (Fsp3) is 0.0392. The molecule has 0 N–H and O–H groups in total. The first-order valence-corrected chi connectivity index (χ1v) is 18.8. The summed E-state index contributed by atoms with van der Waals surface area (Å²) in [5.41, 5.74) is 16.6. The normalized spacial score (nSPS) is 12.1. The van der Waals surface area contributed by atoms with Gasteiger partial charge in [0.2, 0.25) is 0 Å². The van der Waals surface area contributed by atoms with Crippen LogP contribution < -0.4 is 0 Å². The average molecular weight is 705 g/mol. The molecule has 55 heavy (non-hydrogen) atoms. The van der Waals surface area contributed by atoms with Crippen LogP contribution in [0, 0.1) is 0 Å². The summed E-state index contributed by atoms with van der Waals surface area (Å²) in [5.74, 6) is 0.696. The minimum Gasteiger partial charge on any atom is -0.313 e. The number of pyridine rings is 1. The van der Waals surface area contributed by atoms with Gasteiger partial charge in [-0.25, -0.2) is 9.97 Å². The van der Waals surface area contributed by atoms with Gasteiger partial charge in [-0.05, 0) is 82.6 Å². The lowest BCUT2D eigenvalue weighted by molar-refractivity contribution is 0.889. The van der Waals surface area contributed by atoms with Crippen molar-refractivity contribution >= 4 is 17.0 Å². The van der Waals surface area contributed by atoms with Crippen molar-refractivity contribution in [1.82, 2.24) is 19.5 Å². The molecule has 0 atom stereocenters. The Labute approximate surface area is 320 Å². The largest absolute Gasteiger partial charge is 0.313 e. The molecule has 6 aromatic carbocycles. The highest BCUT2D eigenvalue weighted by molar-refractivity contribution is 5.94. The number of rotatable bonds is 7. The summed E-state index contributed by atoms with van der Waals surface area (Å²) in [6.45, 7) is 0. The fourth-order valence-electron chi connectivity index (χ4n) is 7.83. The summed E-state index contributed by atoms with van der Waals surface area (Å²) in [6, 6.07) is 60.2. The van der Waals surface area contributed by atoms with E-state index < -0.39 is 0 Å². The maximum absolute atomic E-state index is 5.29. The van der Waals surface area contributed by atoms with Crippen molar-refractivity contribution in [2.75, 3.05) is 0 Å². The van der Waals surface area contributed by atoms with E-state index in [2.05, 4.69) is 161 Å². The van der Waals surface area contributed by atoms with Gasteiger partial charge in [0, 0.05) is 51.4 Å². The number of fused-ring (bicyclic) bond motifs is 3. The van der Waals surface area contributed by atoms with E-state index in [9.17, 15) is 0 Å². The van der Waals surface area contributed by atoms with Gasteiger partial charge >= 0.3 is 0 Å². The van der Waals surface area contributed by atoms with Crippen LogP contribution in [0.5, 0.6) is 0 Å². The predicted molar refractivity (Wildman–Crippen MR) is 227 cm³/mol. The van der Waals surface area contributed by atoms with Gasteiger partial charge in [0.25, 0.3) is 0 Å². The highest BCUT2D eigenvalue weighted by Crippen LogP contribution is 2.38. The molecule has 0 aliphatic heterocycles. The third-order valence-corrected chi connectivity index (χ3v) is 10.6. The molecular weight excluding hydrogens is 669 g/mol. The van der Waals surface area contributed by atoms with E-state index in [0.29, 0.717) is 5.82 Å². The third kappa shape index (κ3) is 6.24. The van der Waals surface area contributed by atoms with Crippen molar-refractivity contribution < 1.29 is 0 Å². The Bertz CT molecular complexity index is 2820. The van der Waals surface area contributed by atoms with Crippen LogP contribution in [0.4, 0.5) is 0 Å². The topological polar surface area (TPSA) is 43.6 Å². The zero-order valence-corrected chi connectivity index (χ0v) is 30.2. The van der Waals surface area contributed by atoms with E-state index in [1.165, 1.54) is 33.3 Å². The fourth-order valence-corrected chi connectivity index (χ4v) is 7.83. The van der Waals surface area contributed by atoms with Crippen LogP contribution in [-0.4, -0.2) is 19.5 Å². The minimum absolute atomic E-state index is 0.696. The second-order valence-corrected chi connectivity index (χ2v) is 14.0. The first-order chi connectivity index (χ1) is 27.2. The number of benzene rings is 6. The average Bonchev–Trinajstić information content (AvgIpc) is 3.61. The van der Waals surface area contributed by atoms with E-state index in [1.54, 1.807) is 0 Å². The molecule has 1 aliphatic rings. The molecule has 10 rings (SSSR count). The molecule has 0 amide bonds. The van der Waals surface area contributed by atoms with E-state index in [-0.39, 0.29) is 0 Å². The molecule has 1 aliphatic carbocycles. The second-order valence-electron chi connectivity index (χ2n) is 14.0. The van der Waals surface area contributed by atoms with Crippen LogP contribution in [0.3, 0.4) is 0 Å². The number of aromatic nitrogens is 4. The van der Waals surface area contributed by atoms with E-state index >= 15 is 0 Å². The van der Waals surface area contributed by atoms with Crippen LogP contribution in [0.2, 0.25) is 0 Å². The maximum atomic E-state index is 5.29. The van der Waals surface area contributed by atoms with Gasteiger partial charge in [0.05, 0.1) is 16.9 Å². The van der Waals surface area contributed by atoms with E-state index in [4.69, 9.17) is 9.97 Å². The van der Waals surface area contributed by atoms with Crippen LogP contribution in [0.25, 0.3) is 89.9 Å². The molecule has 260 valence electrons. The Hall–Kier alpha value is -7.17. The lowest BCUT2D eigenvalue weighted by atomic mass is 9.97. The maximum Gasteiger partial charge on any atom is 0.160 e. The molecule has 0 saturated heterocycles. The highest BCUT2D eigenvalue weighted by atomic mass is 15.0. The summed E-state index contributed by atoms with van der Waals surface area (Å²) in [4.78, 5) is 14.8. The van der Waals surface area contributed by atoms with E-state index in [1.807, 2.05) is 42.7 Å². The second kappa shape index (κ2) is 14.0. The van der Waals surface area contributed by atoms with Gasteiger partial charge < -0.3 is 4.57 Å². The molecule has 0 radical (unpaired) electrons.